The third-order valence-corrected chi connectivity index (χ3v) is 2.83. The fourth-order valence-electron chi connectivity index (χ4n) is 1.32. The monoisotopic (exact) mass is 281 g/mol. The van der Waals surface area contributed by atoms with E-state index in [1.807, 2.05) is 0 Å². The molecule has 0 aliphatic carbocycles. The minimum atomic E-state index is -4.30. The Balaban J connectivity index is 0.00000289. The fourth-order valence-corrected chi connectivity index (χ4v) is 1.92. The van der Waals surface area contributed by atoms with Gasteiger partial charge in [-0.2, -0.15) is 0 Å². The first-order valence-corrected chi connectivity index (χ1v) is 6.35. The van der Waals surface area contributed by atoms with Crippen molar-refractivity contribution in [1.29, 1.82) is 0 Å². The van der Waals surface area contributed by atoms with Gasteiger partial charge in [-0.3, -0.25) is 4.79 Å². The van der Waals surface area contributed by atoms with Crippen LogP contribution in [-0.4, -0.2) is 30.1 Å². The van der Waals surface area contributed by atoms with Gasteiger partial charge in [0.1, 0.15) is 6.04 Å². The molecule has 0 bridgehead atoms. The van der Waals surface area contributed by atoms with Crippen molar-refractivity contribution in [1.82, 2.24) is 0 Å². The second-order valence-electron chi connectivity index (χ2n) is 3.67. The Morgan fingerprint density at radius 2 is 1.72 bits per heavy atom. The van der Waals surface area contributed by atoms with E-state index in [2.05, 4.69) is 0 Å². The normalized spacial score (nSPS) is 12.6. The van der Waals surface area contributed by atoms with E-state index in [0.29, 0.717) is 11.1 Å². The van der Waals surface area contributed by atoms with E-state index < -0.39 is 27.9 Å². The van der Waals surface area contributed by atoms with Gasteiger partial charge >= 0.3 is 35.5 Å². The Kier molecular flexibility index (Phi) is 7.05. The van der Waals surface area contributed by atoms with E-state index >= 15 is 0 Å². The first-order chi connectivity index (χ1) is 7.78. The van der Waals surface area contributed by atoms with Gasteiger partial charge in [-0.05, 0) is 17.5 Å². The molecule has 0 saturated carbocycles. The first-order valence-electron chi connectivity index (χ1n) is 4.78. The Hall–Kier alpha value is -0.440. The summed E-state index contributed by atoms with van der Waals surface area (Å²) in [7, 11) is -4.30. The molecule has 0 aliphatic heterocycles. The Bertz CT molecular complexity index is 500. The molecule has 3 N–H and O–H groups in total. The second kappa shape index (κ2) is 7.22. The van der Waals surface area contributed by atoms with Crippen LogP contribution in [0.5, 0.6) is 0 Å². The average Bonchev–Trinajstić information content (AvgIpc) is 2.18. The van der Waals surface area contributed by atoms with Gasteiger partial charge in [0.15, 0.2) is 0 Å². The Morgan fingerprint density at radius 3 is 2.11 bits per heavy atom. The predicted octanol–water partition coefficient (Wildman–Crippen LogP) is -3.31. The molecule has 1 rings (SSSR count). The SMILES string of the molecule is NC(Cc1ccc(CS(=O)(=O)[O-])cc1)C(=O)O.[Na+]. The number of carboxylic acids is 1. The van der Waals surface area contributed by atoms with Gasteiger partial charge in [0.05, 0.1) is 15.9 Å². The van der Waals surface area contributed by atoms with Crippen LogP contribution in [0.4, 0.5) is 0 Å². The van der Waals surface area contributed by atoms with Crippen molar-refractivity contribution >= 4 is 16.1 Å². The van der Waals surface area contributed by atoms with Crippen LogP contribution in [0, 0.1) is 0 Å². The van der Waals surface area contributed by atoms with Crippen LogP contribution < -0.4 is 35.3 Å². The molecular weight excluding hydrogens is 269 g/mol. The molecular formula is C10H12NNaO5S. The third-order valence-electron chi connectivity index (χ3n) is 2.14. The summed E-state index contributed by atoms with van der Waals surface area (Å²) in [5.74, 6) is -1.67. The molecule has 0 aromatic heterocycles. The number of aliphatic carboxylic acids is 1. The molecule has 0 aliphatic rings. The second-order valence-corrected chi connectivity index (χ2v) is 5.07. The molecule has 1 aromatic carbocycles. The molecule has 8 heteroatoms. The summed E-state index contributed by atoms with van der Waals surface area (Å²) in [5.41, 5.74) is 6.38. The number of hydrogen-bond donors (Lipinski definition) is 2. The standard InChI is InChI=1S/C10H13NO5S.Na/c11-9(10(12)13)5-7-1-3-8(4-2-7)6-17(14,15)16;/h1-4,9H,5-6,11H2,(H,12,13)(H,14,15,16);/q;+1/p-1. The summed E-state index contributed by atoms with van der Waals surface area (Å²) in [6.07, 6.45) is 0.153. The largest absolute Gasteiger partial charge is 1.00 e. The quantitative estimate of drug-likeness (QED) is 0.430. The Labute approximate surface area is 127 Å². The summed E-state index contributed by atoms with van der Waals surface area (Å²) in [6.45, 7) is 0. The molecule has 1 atom stereocenters. The van der Waals surface area contributed by atoms with Gasteiger partial charge in [0.25, 0.3) is 0 Å². The van der Waals surface area contributed by atoms with Crippen LogP contribution in [0.2, 0.25) is 0 Å². The maximum absolute atomic E-state index is 10.5. The molecule has 1 aromatic rings. The van der Waals surface area contributed by atoms with Crippen LogP contribution in [-0.2, 0) is 27.1 Å². The fraction of sp³-hybridized carbons (Fsp3) is 0.300. The number of benzene rings is 1. The zero-order chi connectivity index (χ0) is 13.1. The maximum Gasteiger partial charge on any atom is 1.00 e. The van der Waals surface area contributed by atoms with Crippen molar-refractivity contribution in [3.63, 3.8) is 0 Å². The van der Waals surface area contributed by atoms with Crippen molar-refractivity contribution in [2.45, 2.75) is 18.2 Å². The minimum Gasteiger partial charge on any atom is -0.748 e. The van der Waals surface area contributed by atoms with Crippen LogP contribution in [0.15, 0.2) is 24.3 Å². The Morgan fingerprint density at radius 1 is 1.28 bits per heavy atom. The van der Waals surface area contributed by atoms with Crippen LogP contribution in [0.1, 0.15) is 11.1 Å². The molecule has 0 saturated heterocycles. The van der Waals surface area contributed by atoms with Crippen molar-refractivity contribution < 1.29 is 52.4 Å². The topological polar surface area (TPSA) is 121 Å². The zero-order valence-corrected chi connectivity index (χ0v) is 12.7. The predicted molar refractivity (Wildman–Crippen MR) is 59.2 cm³/mol. The summed E-state index contributed by atoms with van der Waals surface area (Å²) >= 11 is 0. The van der Waals surface area contributed by atoms with Crippen LogP contribution in [0.3, 0.4) is 0 Å². The van der Waals surface area contributed by atoms with Gasteiger partial charge < -0.3 is 15.4 Å². The molecule has 0 spiro atoms. The summed E-state index contributed by atoms with van der Waals surface area (Å²) < 4.78 is 31.5. The van der Waals surface area contributed by atoms with Gasteiger partial charge in [-0.1, -0.05) is 24.3 Å². The van der Waals surface area contributed by atoms with E-state index in [-0.39, 0.29) is 36.0 Å². The molecule has 1 unspecified atom stereocenters. The number of hydrogen-bond acceptors (Lipinski definition) is 5. The van der Waals surface area contributed by atoms with E-state index in [1.54, 1.807) is 12.1 Å². The molecule has 0 amide bonds. The number of rotatable bonds is 5. The van der Waals surface area contributed by atoms with E-state index in [0.717, 1.165) is 0 Å². The summed E-state index contributed by atoms with van der Waals surface area (Å²) in [4.78, 5) is 10.5. The number of carbonyl (C=O) groups is 1. The van der Waals surface area contributed by atoms with Crippen LogP contribution in [0.25, 0.3) is 0 Å². The zero-order valence-electron chi connectivity index (χ0n) is 9.87. The third kappa shape index (κ3) is 6.48. The van der Waals surface area contributed by atoms with Gasteiger partial charge in [0.2, 0.25) is 0 Å². The van der Waals surface area contributed by atoms with Crippen molar-refractivity contribution in [3.05, 3.63) is 35.4 Å². The molecule has 0 radical (unpaired) electrons. The number of carboxylic acid groups (broad SMARTS) is 1. The van der Waals surface area contributed by atoms with Gasteiger partial charge in [-0.25, -0.2) is 8.42 Å². The number of nitrogens with two attached hydrogens (primary N) is 1. The van der Waals surface area contributed by atoms with Crippen molar-refractivity contribution in [3.8, 4) is 0 Å². The van der Waals surface area contributed by atoms with Crippen molar-refractivity contribution in [2.75, 3.05) is 0 Å². The smallest absolute Gasteiger partial charge is 0.748 e. The maximum atomic E-state index is 10.5. The molecule has 18 heavy (non-hydrogen) atoms. The average molecular weight is 281 g/mol. The molecule has 6 nitrogen and oxygen atoms in total. The van der Waals surface area contributed by atoms with E-state index in [9.17, 15) is 17.8 Å². The van der Waals surface area contributed by atoms with Crippen molar-refractivity contribution in [2.24, 2.45) is 5.73 Å². The van der Waals surface area contributed by atoms with Gasteiger partial charge in [-0.15, -0.1) is 0 Å². The molecule has 0 heterocycles. The molecule has 0 fully saturated rings. The van der Waals surface area contributed by atoms with Crippen LogP contribution >= 0.6 is 0 Å². The first kappa shape index (κ1) is 17.6. The van der Waals surface area contributed by atoms with E-state index in [4.69, 9.17) is 10.8 Å². The van der Waals surface area contributed by atoms with E-state index in [1.165, 1.54) is 12.1 Å². The summed E-state index contributed by atoms with van der Waals surface area (Å²) in [6, 6.07) is 5.06. The summed E-state index contributed by atoms with van der Waals surface area (Å²) in [5, 5.41) is 8.61. The molecule has 94 valence electrons. The van der Waals surface area contributed by atoms with Gasteiger partial charge in [0, 0.05) is 0 Å². The minimum absolute atomic E-state index is 0.